The highest BCUT2D eigenvalue weighted by atomic mass is 35.5. The van der Waals surface area contributed by atoms with Gasteiger partial charge < -0.3 is 9.64 Å². The minimum absolute atomic E-state index is 0.00389. The minimum Gasteiger partial charge on any atom is -0.480 e. The molecule has 0 spiro atoms. The van der Waals surface area contributed by atoms with Crippen LogP contribution in [0.5, 0.6) is 5.75 Å². The van der Waals surface area contributed by atoms with Crippen LogP contribution in [0.2, 0.25) is 10.0 Å². The molecule has 2 rings (SSSR count). The monoisotopic (exact) mass is 307 g/mol. The van der Waals surface area contributed by atoms with Crippen LogP contribution >= 0.6 is 34.8 Å². The summed E-state index contributed by atoms with van der Waals surface area (Å²) in [6.45, 7) is 2.35. The first-order valence-corrected chi connectivity index (χ1v) is 6.83. The third-order valence-electron chi connectivity index (χ3n) is 2.83. The third kappa shape index (κ3) is 2.40. The highest BCUT2D eigenvalue weighted by Crippen LogP contribution is 2.43. The lowest BCUT2D eigenvalue weighted by molar-refractivity contribution is -0.121. The number of hydrogen-bond acceptors (Lipinski definition) is 2. The quantitative estimate of drug-likeness (QED) is 0.798. The lowest BCUT2D eigenvalue weighted by atomic mass is 10.1. The van der Waals surface area contributed by atoms with Crippen molar-refractivity contribution < 1.29 is 9.53 Å². The van der Waals surface area contributed by atoms with E-state index < -0.39 is 0 Å². The number of carbonyl (C=O) groups excluding carboxylic acids is 1. The summed E-state index contributed by atoms with van der Waals surface area (Å²) in [4.78, 5) is 13.5. The number of carbonyl (C=O) groups is 1. The summed E-state index contributed by atoms with van der Waals surface area (Å²) in [5.74, 6) is 0.907. The number of amides is 1. The molecule has 0 fully saturated rings. The molecule has 1 aromatic rings. The van der Waals surface area contributed by atoms with E-state index in [1.807, 2.05) is 6.92 Å². The molecule has 0 saturated carbocycles. The van der Waals surface area contributed by atoms with Crippen LogP contribution in [-0.4, -0.2) is 24.9 Å². The first-order chi connectivity index (χ1) is 8.56. The van der Waals surface area contributed by atoms with Gasteiger partial charge in [0.05, 0.1) is 10.7 Å². The van der Waals surface area contributed by atoms with Gasteiger partial charge in [0, 0.05) is 17.4 Å². The maximum absolute atomic E-state index is 11.8. The molecule has 6 heteroatoms. The molecule has 98 valence electrons. The molecular formula is C12H12Cl3NO2. The first-order valence-electron chi connectivity index (χ1n) is 5.54. The predicted molar refractivity (Wildman–Crippen MR) is 74.4 cm³/mol. The molecule has 1 aliphatic rings. The molecule has 0 unspecified atom stereocenters. The first kappa shape index (κ1) is 13.8. The molecule has 0 bridgehead atoms. The highest BCUT2D eigenvalue weighted by Gasteiger charge is 2.28. The number of rotatable bonds is 3. The van der Waals surface area contributed by atoms with E-state index >= 15 is 0 Å². The highest BCUT2D eigenvalue weighted by molar-refractivity contribution is 6.37. The molecule has 1 amide bonds. The van der Waals surface area contributed by atoms with Crippen LogP contribution in [0.4, 0.5) is 5.69 Å². The van der Waals surface area contributed by atoms with Crippen molar-refractivity contribution in [1.29, 1.82) is 0 Å². The Labute approximate surface area is 121 Å². The van der Waals surface area contributed by atoms with E-state index in [1.165, 1.54) is 0 Å². The molecule has 1 aliphatic heterocycles. The van der Waals surface area contributed by atoms with E-state index in [0.29, 0.717) is 40.3 Å². The standard InChI is InChI=1S/C12H12Cl3NO2/c1-7-8(14)5-9-12(11(7)15)18-6-10(17)16(9)4-2-3-13/h5H,2-4,6H2,1H3. The topological polar surface area (TPSA) is 29.5 Å². The molecule has 1 heterocycles. The number of fused-ring (bicyclic) bond motifs is 1. The smallest absolute Gasteiger partial charge is 0.265 e. The zero-order chi connectivity index (χ0) is 13.3. The molecule has 0 N–H and O–H groups in total. The van der Waals surface area contributed by atoms with E-state index in [-0.39, 0.29) is 12.5 Å². The molecule has 3 nitrogen and oxygen atoms in total. The van der Waals surface area contributed by atoms with E-state index in [1.54, 1.807) is 11.0 Å². The van der Waals surface area contributed by atoms with Gasteiger partial charge in [-0.15, -0.1) is 11.6 Å². The van der Waals surface area contributed by atoms with Gasteiger partial charge >= 0.3 is 0 Å². The van der Waals surface area contributed by atoms with Gasteiger partial charge in [-0.25, -0.2) is 0 Å². The summed E-state index contributed by atoms with van der Waals surface area (Å²) in [6, 6.07) is 1.71. The van der Waals surface area contributed by atoms with Crippen LogP contribution in [0.15, 0.2) is 6.07 Å². The van der Waals surface area contributed by atoms with Crippen LogP contribution in [0.1, 0.15) is 12.0 Å². The van der Waals surface area contributed by atoms with Crippen molar-refractivity contribution in [3.8, 4) is 5.75 Å². The molecule has 0 aromatic heterocycles. The van der Waals surface area contributed by atoms with Crippen LogP contribution in [0.25, 0.3) is 0 Å². The van der Waals surface area contributed by atoms with Crippen molar-refractivity contribution in [2.45, 2.75) is 13.3 Å². The number of anilines is 1. The van der Waals surface area contributed by atoms with Crippen LogP contribution in [0, 0.1) is 6.92 Å². The van der Waals surface area contributed by atoms with Crippen LogP contribution < -0.4 is 9.64 Å². The van der Waals surface area contributed by atoms with Gasteiger partial charge in [0.15, 0.2) is 12.4 Å². The van der Waals surface area contributed by atoms with E-state index in [9.17, 15) is 4.79 Å². The normalized spacial score (nSPS) is 14.4. The number of halogens is 3. The van der Waals surface area contributed by atoms with Gasteiger partial charge in [0.2, 0.25) is 0 Å². The second-order valence-corrected chi connectivity index (χ2v) is 5.19. The van der Waals surface area contributed by atoms with Crippen molar-refractivity contribution in [3.05, 3.63) is 21.7 Å². The SMILES string of the molecule is Cc1c(Cl)cc2c(c1Cl)OCC(=O)N2CCCCl. The molecule has 0 atom stereocenters. The molecule has 0 radical (unpaired) electrons. The Morgan fingerprint density at radius 1 is 1.44 bits per heavy atom. The molecule has 18 heavy (non-hydrogen) atoms. The lowest BCUT2D eigenvalue weighted by Crippen LogP contribution is -2.39. The number of hydrogen-bond donors (Lipinski definition) is 0. The summed E-state index contributed by atoms with van der Waals surface area (Å²) in [6.07, 6.45) is 0.704. The summed E-state index contributed by atoms with van der Waals surface area (Å²) in [5, 5.41) is 0.980. The Morgan fingerprint density at radius 2 is 2.17 bits per heavy atom. The molecular weight excluding hydrogens is 296 g/mol. The second kappa shape index (κ2) is 5.55. The third-order valence-corrected chi connectivity index (χ3v) is 3.95. The van der Waals surface area contributed by atoms with Crippen LogP contribution in [0.3, 0.4) is 0 Å². The summed E-state index contributed by atoms with van der Waals surface area (Å²) < 4.78 is 5.40. The molecule has 0 aliphatic carbocycles. The van der Waals surface area contributed by atoms with Crippen LogP contribution in [-0.2, 0) is 4.79 Å². The van der Waals surface area contributed by atoms with Crippen molar-refractivity contribution in [2.24, 2.45) is 0 Å². The van der Waals surface area contributed by atoms with Crippen molar-refractivity contribution in [3.63, 3.8) is 0 Å². The van der Waals surface area contributed by atoms with Gasteiger partial charge in [0.25, 0.3) is 5.91 Å². The average Bonchev–Trinajstić information content (AvgIpc) is 2.35. The average molecular weight is 309 g/mol. The Balaban J connectivity index is 2.46. The zero-order valence-corrected chi connectivity index (χ0v) is 12.1. The Kier molecular flexibility index (Phi) is 4.25. The fraction of sp³-hybridized carbons (Fsp3) is 0.417. The zero-order valence-electron chi connectivity index (χ0n) is 9.80. The molecule has 0 saturated heterocycles. The maximum Gasteiger partial charge on any atom is 0.265 e. The maximum atomic E-state index is 11.8. The van der Waals surface area contributed by atoms with Crippen molar-refractivity contribution in [2.75, 3.05) is 23.9 Å². The minimum atomic E-state index is -0.108. The van der Waals surface area contributed by atoms with Crippen molar-refractivity contribution >= 4 is 46.4 Å². The van der Waals surface area contributed by atoms with Gasteiger partial charge in [0.1, 0.15) is 0 Å². The van der Waals surface area contributed by atoms with Gasteiger partial charge in [-0.05, 0) is 25.0 Å². The lowest BCUT2D eigenvalue weighted by Gasteiger charge is -2.30. The van der Waals surface area contributed by atoms with Gasteiger partial charge in [-0.2, -0.15) is 0 Å². The van der Waals surface area contributed by atoms with Crippen molar-refractivity contribution in [1.82, 2.24) is 0 Å². The Bertz CT molecular complexity index is 491. The van der Waals surface area contributed by atoms with Gasteiger partial charge in [-0.1, -0.05) is 23.2 Å². The van der Waals surface area contributed by atoms with E-state index in [2.05, 4.69) is 0 Å². The van der Waals surface area contributed by atoms with E-state index in [4.69, 9.17) is 39.5 Å². The van der Waals surface area contributed by atoms with E-state index in [0.717, 1.165) is 5.56 Å². The Morgan fingerprint density at radius 3 is 2.83 bits per heavy atom. The Hall–Kier alpha value is -0.640. The van der Waals surface area contributed by atoms with Gasteiger partial charge in [-0.3, -0.25) is 4.79 Å². The number of alkyl halides is 1. The summed E-state index contributed by atoms with van der Waals surface area (Å²) in [5.41, 5.74) is 1.38. The largest absolute Gasteiger partial charge is 0.480 e. The number of nitrogens with zero attached hydrogens (tertiary/aromatic N) is 1. The summed E-state index contributed by atoms with van der Waals surface area (Å²) in [7, 11) is 0. The number of benzene rings is 1. The predicted octanol–water partition coefficient (Wildman–Crippen LogP) is 3.66. The molecule has 1 aromatic carbocycles. The fourth-order valence-corrected chi connectivity index (χ4v) is 2.45. The fourth-order valence-electron chi connectivity index (χ4n) is 1.83. The summed E-state index contributed by atoms with van der Waals surface area (Å²) >= 11 is 17.9. The second-order valence-electron chi connectivity index (χ2n) is 4.02. The number of ether oxygens (including phenoxy) is 1.